The smallest absolute Gasteiger partial charge is 0.399 e. The second-order valence-corrected chi connectivity index (χ2v) is 6.72. The molecule has 1 aliphatic rings. The molecule has 0 amide bonds. The summed E-state index contributed by atoms with van der Waals surface area (Å²) in [6.07, 6.45) is 0. The zero-order chi connectivity index (χ0) is 15.1. The summed E-state index contributed by atoms with van der Waals surface area (Å²) in [6, 6.07) is 4.99. The summed E-state index contributed by atoms with van der Waals surface area (Å²) in [4.78, 5) is 2.00. The molecule has 1 fully saturated rings. The Morgan fingerprint density at radius 2 is 1.60 bits per heavy atom. The van der Waals surface area contributed by atoms with Crippen molar-refractivity contribution in [3.05, 3.63) is 29.6 Å². The van der Waals surface area contributed by atoms with Crippen LogP contribution in [-0.4, -0.2) is 37.3 Å². The molecule has 0 bridgehead atoms. The van der Waals surface area contributed by atoms with Crippen molar-refractivity contribution < 1.29 is 13.7 Å². The van der Waals surface area contributed by atoms with E-state index in [0.29, 0.717) is 6.54 Å². The summed E-state index contributed by atoms with van der Waals surface area (Å²) >= 11 is 0. The van der Waals surface area contributed by atoms with Gasteiger partial charge in [-0.2, -0.15) is 0 Å². The van der Waals surface area contributed by atoms with Crippen molar-refractivity contribution in [2.45, 2.75) is 45.4 Å². The van der Waals surface area contributed by atoms with E-state index in [-0.39, 0.29) is 5.82 Å². The molecule has 0 N–H and O–H groups in total. The molecule has 0 atom stereocenters. The van der Waals surface area contributed by atoms with Crippen molar-refractivity contribution in [1.29, 1.82) is 0 Å². The van der Waals surface area contributed by atoms with Crippen LogP contribution in [0.4, 0.5) is 4.39 Å². The summed E-state index contributed by atoms with van der Waals surface area (Å²) in [6.45, 7) is 8.66. The molecular formula is C15H23BFNO2. The van der Waals surface area contributed by atoms with Crippen LogP contribution < -0.4 is 5.46 Å². The van der Waals surface area contributed by atoms with Gasteiger partial charge in [0.15, 0.2) is 0 Å². The maximum Gasteiger partial charge on any atom is 0.494 e. The number of rotatable bonds is 3. The maximum absolute atomic E-state index is 13.8. The first-order chi connectivity index (χ1) is 9.10. The number of hydrogen-bond acceptors (Lipinski definition) is 3. The van der Waals surface area contributed by atoms with Crippen LogP contribution >= 0.6 is 0 Å². The molecule has 0 aliphatic carbocycles. The monoisotopic (exact) mass is 279 g/mol. The highest BCUT2D eigenvalue weighted by molar-refractivity contribution is 6.62. The average Bonchev–Trinajstić information content (AvgIpc) is 2.46. The van der Waals surface area contributed by atoms with E-state index in [1.807, 2.05) is 52.8 Å². The zero-order valence-electron chi connectivity index (χ0n) is 13.2. The molecule has 0 spiro atoms. The van der Waals surface area contributed by atoms with Crippen LogP contribution in [0.25, 0.3) is 0 Å². The van der Waals surface area contributed by atoms with Crippen molar-refractivity contribution in [1.82, 2.24) is 4.90 Å². The van der Waals surface area contributed by atoms with E-state index in [0.717, 1.165) is 11.0 Å². The summed E-state index contributed by atoms with van der Waals surface area (Å²) in [7, 11) is 3.40. The van der Waals surface area contributed by atoms with Crippen LogP contribution in [0.1, 0.15) is 33.3 Å². The lowest BCUT2D eigenvalue weighted by Gasteiger charge is -2.32. The van der Waals surface area contributed by atoms with Crippen molar-refractivity contribution in [3.8, 4) is 0 Å². The quantitative estimate of drug-likeness (QED) is 0.792. The highest BCUT2D eigenvalue weighted by Crippen LogP contribution is 2.36. The predicted molar refractivity (Wildman–Crippen MR) is 79.5 cm³/mol. The van der Waals surface area contributed by atoms with Gasteiger partial charge in [-0.15, -0.1) is 0 Å². The Hall–Kier alpha value is -0.905. The SMILES string of the molecule is CN(C)Cc1cc(F)cc(B2OC(C)(C)C(C)(C)O2)c1. The second-order valence-electron chi connectivity index (χ2n) is 6.72. The minimum absolute atomic E-state index is 0.255. The molecule has 20 heavy (non-hydrogen) atoms. The van der Waals surface area contributed by atoms with Crippen molar-refractivity contribution in [2.75, 3.05) is 14.1 Å². The van der Waals surface area contributed by atoms with Gasteiger partial charge in [-0.05, 0) is 64.9 Å². The molecule has 1 saturated heterocycles. The van der Waals surface area contributed by atoms with E-state index in [9.17, 15) is 4.39 Å². The van der Waals surface area contributed by atoms with Gasteiger partial charge in [-0.3, -0.25) is 0 Å². The number of nitrogens with zero attached hydrogens (tertiary/aromatic N) is 1. The van der Waals surface area contributed by atoms with Crippen molar-refractivity contribution >= 4 is 12.6 Å². The van der Waals surface area contributed by atoms with Gasteiger partial charge in [0.05, 0.1) is 11.2 Å². The van der Waals surface area contributed by atoms with Gasteiger partial charge in [-0.1, -0.05) is 6.07 Å². The van der Waals surface area contributed by atoms with Gasteiger partial charge in [0.2, 0.25) is 0 Å². The van der Waals surface area contributed by atoms with Crippen molar-refractivity contribution in [3.63, 3.8) is 0 Å². The topological polar surface area (TPSA) is 21.7 Å². The third-order valence-corrected chi connectivity index (χ3v) is 4.00. The molecule has 1 aromatic rings. The minimum atomic E-state index is -0.517. The molecule has 0 unspecified atom stereocenters. The Bertz CT molecular complexity index is 487. The Kier molecular flexibility index (Phi) is 3.97. The van der Waals surface area contributed by atoms with Gasteiger partial charge in [-0.25, -0.2) is 4.39 Å². The molecule has 0 aromatic heterocycles. The predicted octanol–water partition coefficient (Wildman–Crippen LogP) is 2.19. The van der Waals surface area contributed by atoms with Gasteiger partial charge in [0.25, 0.3) is 0 Å². The highest BCUT2D eigenvalue weighted by Gasteiger charge is 2.51. The lowest BCUT2D eigenvalue weighted by Crippen LogP contribution is -2.41. The maximum atomic E-state index is 13.8. The molecule has 1 heterocycles. The average molecular weight is 279 g/mol. The first kappa shape index (κ1) is 15.5. The van der Waals surface area contributed by atoms with E-state index in [1.165, 1.54) is 6.07 Å². The standard InChI is InChI=1S/C15H23BFNO2/c1-14(2)15(3,4)20-16(19-14)12-7-11(10-18(5)6)8-13(17)9-12/h7-9H,10H2,1-6H3. The summed E-state index contributed by atoms with van der Waals surface area (Å²) < 4.78 is 25.7. The van der Waals surface area contributed by atoms with Crippen LogP contribution in [0.5, 0.6) is 0 Å². The fourth-order valence-corrected chi connectivity index (χ4v) is 2.25. The lowest BCUT2D eigenvalue weighted by molar-refractivity contribution is 0.00578. The molecule has 1 aliphatic heterocycles. The highest BCUT2D eigenvalue weighted by atomic mass is 19.1. The number of benzene rings is 1. The fourth-order valence-electron chi connectivity index (χ4n) is 2.25. The van der Waals surface area contributed by atoms with Gasteiger partial charge in [0, 0.05) is 6.54 Å². The molecule has 110 valence electrons. The zero-order valence-corrected chi connectivity index (χ0v) is 13.2. The minimum Gasteiger partial charge on any atom is -0.399 e. The van der Waals surface area contributed by atoms with Gasteiger partial charge in [0.1, 0.15) is 5.82 Å². The first-order valence-corrected chi connectivity index (χ1v) is 6.90. The molecule has 1 aromatic carbocycles. The summed E-state index contributed by atoms with van der Waals surface area (Å²) in [5.74, 6) is -0.255. The van der Waals surface area contributed by atoms with E-state index in [2.05, 4.69) is 0 Å². The molecule has 0 saturated carbocycles. The molecule has 2 rings (SSSR count). The van der Waals surface area contributed by atoms with Crippen LogP contribution in [0.15, 0.2) is 18.2 Å². The van der Waals surface area contributed by atoms with E-state index in [4.69, 9.17) is 9.31 Å². The van der Waals surface area contributed by atoms with Gasteiger partial charge >= 0.3 is 7.12 Å². The number of halogens is 1. The molecule has 0 radical (unpaired) electrons. The van der Waals surface area contributed by atoms with Crippen LogP contribution in [0, 0.1) is 5.82 Å². The fraction of sp³-hybridized carbons (Fsp3) is 0.600. The van der Waals surface area contributed by atoms with Crippen LogP contribution in [0.2, 0.25) is 0 Å². The Morgan fingerprint density at radius 3 is 2.10 bits per heavy atom. The van der Waals surface area contributed by atoms with Gasteiger partial charge < -0.3 is 14.2 Å². The second kappa shape index (κ2) is 5.13. The third kappa shape index (κ3) is 3.05. The van der Waals surface area contributed by atoms with Crippen molar-refractivity contribution in [2.24, 2.45) is 0 Å². The molecule has 3 nitrogen and oxygen atoms in total. The van der Waals surface area contributed by atoms with Crippen LogP contribution in [0.3, 0.4) is 0 Å². The summed E-state index contributed by atoms with van der Waals surface area (Å²) in [5.41, 5.74) is 0.831. The summed E-state index contributed by atoms with van der Waals surface area (Å²) in [5, 5.41) is 0. The van der Waals surface area contributed by atoms with Crippen LogP contribution in [-0.2, 0) is 15.9 Å². The Balaban J connectivity index is 2.28. The normalized spacial score (nSPS) is 20.7. The van der Waals surface area contributed by atoms with E-state index >= 15 is 0 Å². The molecular weight excluding hydrogens is 256 g/mol. The van der Waals surface area contributed by atoms with E-state index < -0.39 is 18.3 Å². The molecule has 5 heteroatoms. The third-order valence-electron chi connectivity index (χ3n) is 4.00. The number of hydrogen-bond donors (Lipinski definition) is 0. The Labute approximate surface area is 121 Å². The first-order valence-electron chi connectivity index (χ1n) is 6.90. The van der Waals surface area contributed by atoms with E-state index in [1.54, 1.807) is 6.07 Å². The largest absolute Gasteiger partial charge is 0.494 e. The Morgan fingerprint density at radius 1 is 1.05 bits per heavy atom. The lowest BCUT2D eigenvalue weighted by atomic mass is 9.78.